The maximum atomic E-state index is 12.4. The lowest BCUT2D eigenvalue weighted by atomic mass is 10.1. The average Bonchev–Trinajstić information content (AvgIpc) is 2.87. The number of carbonyl (C=O) groups is 1. The SMILES string of the molecule is CSc1ncccc1C(=O)NCc1ccc2[nH]c(C)c(C)c2c1. The molecule has 2 N–H and O–H groups in total. The fourth-order valence-electron chi connectivity index (χ4n) is 2.62. The molecule has 0 aliphatic rings. The summed E-state index contributed by atoms with van der Waals surface area (Å²) >= 11 is 1.48. The van der Waals surface area contributed by atoms with Gasteiger partial charge in [-0.05, 0) is 55.5 Å². The van der Waals surface area contributed by atoms with Crippen molar-refractivity contribution >= 4 is 28.6 Å². The van der Waals surface area contributed by atoms with Crippen molar-refractivity contribution < 1.29 is 4.79 Å². The Labute approximate surface area is 139 Å². The molecule has 0 saturated carbocycles. The van der Waals surface area contributed by atoms with Crippen LogP contribution in [0.4, 0.5) is 0 Å². The molecule has 0 saturated heterocycles. The molecule has 0 aliphatic carbocycles. The molecule has 0 radical (unpaired) electrons. The van der Waals surface area contributed by atoms with Crippen LogP contribution in [0.25, 0.3) is 10.9 Å². The highest BCUT2D eigenvalue weighted by Gasteiger charge is 2.11. The summed E-state index contributed by atoms with van der Waals surface area (Å²) in [5.74, 6) is -0.0930. The van der Waals surface area contributed by atoms with E-state index in [1.807, 2.05) is 12.3 Å². The monoisotopic (exact) mass is 325 g/mol. The molecule has 0 bridgehead atoms. The topological polar surface area (TPSA) is 57.8 Å². The Morgan fingerprint density at radius 1 is 1.30 bits per heavy atom. The molecule has 4 nitrogen and oxygen atoms in total. The molecule has 118 valence electrons. The zero-order chi connectivity index (χ0) is 16.4. The molecular weight excluding hydrogens is 306 g/mol. The van der Waals surface area contributed by atoms with Gasteiger partial charge in [0, 0.05) is 29.3 Å². The van der Waals surface area contributed by atoms with Crippen LogP contribution in [0.1, 0.15) is 27.2 Å². The number of H-pyrrole nitrogens is 1. The van der Waals surface area contributed by atoms with Crippen molar-refractivity contribution in [1.82, 2.24) is 15.3 Å². The normalized spacial score (nSPS) is 10.9. The molecular formula is C18H19N3OS. The molecule has 3 rings (SSSR count). The van der Waals surface area contributed by atoms with E-state index in [0.717, 1.165) is 16.1 Å². The summed E-state index contributed by atoms with van der Waals surface area (Å²) in [7, 11) is 0. The molecule has 2 heterocycles. The maximum absolute atomic E-state index is 12.4. The Morgan fingerprint density at radius 3 is 2.91 bits per heavy atom. The summed E-state index contributed by atoms with van der Waals surface area (Å²) < 4.78 is 0. The Hall–Kier alpha value is -2.27. The first-order valence-corrected chi connectivity index (χ1v) is 8.67. The average molecular weight is 325 g/mol. The highest BCUT2D eigenvalue weighted by atomic mass is 32.2. The number of rotatable bonds is 4. The van der Waals surface area contributed by atoms with E-state index in [0.29, 0.717) is 12.1 Å². The van der Waals surface area contributed by atoms with Crippen molar-refractivity contribution in [2.45, 2.75) is 25.4 Å². The second-order valence-corrected chi connectivity index (χ2v) is 6.29. The number of nitrogens with zero attached hydrogens (tertiary/aromatic N) is 1. The molecule has 0 fully saturated rings. The number of thioether (sulfide) groups is 1. The Bertz CT molecular complexity index is 870. The van der Waals surface area contributed by atoms with Gasteiger partial charge in [0.25, 0.3) is 5.91 Å². The number of aromatic amines is 1. The van der Waals surface area contributed by atoms with Gasteiger partial charge in [-0.1, -0.05) is 6.07 Å². The number of fused-ring (bicyclic) bond motifs is 1. The van der Waals surface area contributed by atoms with Gasteiger partial charge in [0.15, 0.2) is 0 Å². The summed E-state index contributed by atoms with van der Waals surface area (Å²) in [5, 5.41) is 4.93. The fourth-order valence-corrected chi connectivity index (χ4v) is 3.17. The van der Waals surface area contributed by atoms with E-state index in [1.165, 1.54) is 28.4 Å². The third-order valence-electron chi connectivity index (χ3n) is 4.03. The molecule has 1 amide bonds. The van der Waals surface area contributed by atoms with Crippen LogP contribution in [0.5, 0.6) is 0 Å². The third-order valence-corrected chi connectivity index (χ3v) is 4.75. The molecule has 0 aliphatic heterocycles. The van der Waals surface area contributed by atoms with Crippen LogP contribution in [0.2, 0.25) is 0 Å². The molecule has 0 atom stereocenters. The number of hydrogen-bond acceptors (Lipinski definition) is 3. The van der Waals surface area contributed by atoms with Crippen LogP contribution >= 0.6 is 11.8 Å². The van der Waals surface area contributed by atoms with Crippen LogP contribution in [-0.4, -0.2) is 22.1 Å². The predicted molar refractivity (Wildman–Crippen MR) is 95.0 cm³/mol. The number of pyridine rings is 1. The lowest BCUT2D eigenvalue weighted by molar-refractivity contribution is 0.0947. The summed E-state index contributed by atoms with van der Waals surface area (Å²) in [6.45, 7) is 4.68. The van der Waals surface area contributed by atoms with Gasteiger partial charge in [-0.25, -0.2) is 4.98 Å². The predicted octanol–water partition coefficient (Wildman–Crippen LogP) is 3.83. The highest BCUT2D eigenvalue weighted by molar-refractivity contribution is 7.98. The largest absolute Gasteiger partial charge is 0.358 e. The smallest absolute Gasteiger partial charge is 0.254 e. The summed E-state index contributed by atoms with van der Waals surface area (Å²) in [5.41, 5.74) is 5.27. The summed E-state index contributed by atoms with van der Waals surface area (Å²) in [6, 6.07) is 9.82. The first-order valence-electron chi connectivity index (χ1n) is 7.45. The van der Waals surface area contributed by atoms with Crippen LogP contribution in [0, 0.1) is 13.8 Å². The molecule has 23 heavy (non-hydrogen) atoms. The molecule has 5 heteroatoms. The van der Waals surface area contributed by atoms with Crippen molar-refractivity contribution in [3.05, 3.63) is 58.9 Å². The number of amides is 1. The van der Waals surface area contributed by atoms with E-state index < -0.39 is 0 Å². The van der Waals surface area contributed by atoms with Gasteiger partial charge in [0.2, 0.25) is 0 Å². The van der Waals surface area contributed by atoms with Gasteiger partial charge in [0.05, 0.1) is 5.56 Å². The van der Waals surface area contributed by atoms with Gasteiger partial charge >= 0.3 is 0 Å². The van der Waals surface area contributed by atoms with Crippen LogP contribution in [-0.2, 0) is 6.54 Å². The van der Waals surface area contributed by atoms with Gasteiger partial charge in [-0.3, -0.25) is 4.79 Å². The van der Waals surface area contributed by atoms with Gasteiger partial charge < -0.3 is 10.3 Å². The summed E-state index contributed by atoms with van der Waals surface area (Å²) in [4.78, 5) is 19.9. The lowest BCUT2D eigenvalue weighted by Gasteiger charge is -2.08. The number of carbonyl (C=O) groups excluding carboxylic acids is 1. The minimum atomic E-state index is -0.0930. The van der Waals surface area contributed by atoms with Crippen LogP contribution < -0.4 is 5.32 Å². The third kappa shape index (κ3) is 3.10. The lowest BCUT2D eigenvalue weighted by Crippen LogP contribution is -2.23. The van der Waals surface area contributed by atoms with E-state index in [1.54, 1.807) is 18.3 Å². The molecule has 1 aromatic carbocycles. The first kappa shape index (κ1) is 15.6. The van der Waals surface area contributed by atoms with E-state index in [4.69, 9.17) is 0 Å². The van der Waals surface area contributed by atoms with Gasteiger partial charge in [0.1, 0.15) is 5.03 Å². The molecule has 0 spiro atoms. The minimum absolute atomic E-state index is 0.0930. The van der Waals surface area contributed by atoms with Crippen molar-refractivity contribution in [2.75, 3.05) is 6.26 Å². The van der Waals surface area contributed by atoms with E-state index in [-0.39, 0.29) is 5.91 Å². The van der Waals surface area contributed by atoms with Crippen molar-refractivity contribution in [3.63, 3.8) is 0 Å². The number of hydrogen-bond donors (Lipinski definition) is 2. The Balaban J connectivity index is 1.77. The number of aryl methyl sites for hydroxylation is 2. The summed E-state index contributed by atoms with van der Waals surface area (Å²) in [6.07, 6.45) is 3.62. The Kier molecular flexibility index (Phi) is 4.39. The molecule has 2 aromatic heterocycles. The fraction of sp³-hybridized carbons (Fsp3) is 0.222. The maximum Gasteiger partial charge on any atom is 0.254 e. The quantitative estimate of drug-likeness (QED) is 0.717. The first-order chi connectivity index (χ1) is 11.1. The van der Waals surface area contributed by atoms with E-state index in [9.17, 15) is 4.79 Å². The second-order valence-electron chi connectivity index (χ2n) is 5.50. The number of benzene rings is 1. The van der Waals surface area contributed by atoms with Gasteiger partial charge in [-0.15, -0.1) is 11.8 Å². The number of aromatic nitrogens is 2. The Morgan fingerprint density at radius 2 is 2.13 bits per heavy atom. The minimum Gasteiger partial charge on any atom is -0.358 e. The van der Waals surface area contributed by atoms with E-state index >= 15 is 0 Å². The second kappa shape index (κ2) is 6.46. The standard InChI is InChI=1S/C18H19N3OS/c1-11-12(2)21-16-7-6-13(9-15(11)16)10-20-17(22)14-5-4-8-19-18(14)23-3/h4-9,21H,10H2,1-3H3,(H,20,22). The van der Waals surface area contributed by atoms with Crippen molar-refractivity contribution in [3.8, 4) is 0 Å². The zero-order valence-electron chi connectivity index (χ0n) is 13.4. The van der Waals surface area contributed by atoms with Crippen molar-refractivity contribution in [2.24, 2.45) is 0 Å². The molecule has 0 unspecified atom stereocenters. The number of nitrogens with one attached hydrogen (secondary N) is 2. The highest BCUT2D eigenvalue weighted by Crippen LogP contribution is 2.22. The molecule has 3 aromatic rings. The van der Waals surface area contributed by atoms with E-state index in [2.05, 4.69) is 41.3 Å². The zero-order valence-corrected chi connectivity index (χ0v) is 14.3. The van der Waals surface area contributed by atoms with Crippen molar-refractivity contribution in [1.29, 1.82) is 0 Å². The van der Waals surface area contributed by atoms with Crippen LogP contribution in [0.15, 0.2) is 41.6 Å². The van der Waals surface area contributed by atoms with Gasteiger partial charge in [-0.2, -0.15) is 0 Å². The van der Waals surface area contributed by atoms with Crippen LogP contribution in [0.3, 0.4) is 0 Å².